The Balaban J connectivity index is 1.75. The Hall–Kier alpha value is -1.68. The fourth-order valence-corrected chi connectivity index (χ4v) is 2.95. The van der Waals surface area contributed by atoms with Crippen molar-refractivity contribution in [3.05, 3.63) is 53.2 Å². The van der Waals surface area contributed by atoms with Gasteiger partial charge in [-0.15, -0.1) is 0 Å². The van der Waals surface area contributed by atoms with Crippen LogP contribution in [-0.4, -0.2) is 16.6 Å². The van der Waals surface area contributed by atoms with E-state index in [1.54, 1.807) is 12.1 Å². The van der Waals surface area contributed by atoms with Crippen LogP contribution in [0, 0.1) is 5.82 Å². The molecule has 0 aliphatic carbocycles. The lowest BCUT2D eigenvalue weighted by molar-refractivity contribution is 0.236. The quantitative estimate of drug-likeness (QED) is 0.841. The Morgan fingerprint density at radius 1 is 1.38 bits per heavy atom. The highest BCUT2D eigenvalue weighted by Crippen LogP contribution is 2.33. The van der Waals surface area contributed by atoms with Crippen LogP contribution in [0.15, 0.2) is 34.9 Å². The molecule has 0 N–H and O–H groups in total. The van der Waals surface area contributed by atoms with Gasteiger partial charge in [-0.1, -0.05) is 31.1 Å². The highest BCUT2D eigenvalue weighted by molar-refractivity contribution is 5.18. The molecule has 3 nitrogen and oxygen atoms in total. The van der Waals surface area contributed by atoms with Gasteiger partial charge in [0.05, 0.1) is 6.04 Å². The maximum atomic E-state index is 13.3. The average molecular weight is 288 g/mol. The summed E-state index contributed by atoms with van der Waals surface area (Å²) in [5.74, 6) is 1.11. The molecule has 1 aromatic heterocycles. The summed E-state index contributed by atoms with van der Waals surface area (Å²) in [6.45, 7) is 5.98. The third kappa shape index (κ3) is 3.16. The molecule has 0 spiro atoms. The summed E-state index contributed by atoms with van der Waals surface area (Å²) >= 11 is 0. The molecular weight excluding hydrogens is 267 g/mol. The fourth-order valence-electron chi connectivity index (χ4n) is 2.95. The number of hydrogen-bond acceptors (Lipinski definition) is 3. The van der Waals surface area contributed by atoms with Crippen LogP contribution in [0.25, 0.3) is 0 Å². The fraction of sp³-hybridized carbons (Fsp3) is 0.471. The standard InChI is InChI=1S/C17H21FN2O/c1-12(2)17-10-15(19-21-17)16-7-4-8-20(16)11-13-5-3-6-14(18)9-13/h3,5-6,9-10,12,16H,4,7-8,11H2,1-2H3/t16-/m1/s1. The van der Waals surface area contributed by atoms with E-state index in [4.69, 9.17) is 4.52 Å². The van der Waals surface area contributed by atoms with Crippen LogP contribution >= 0.6 is 0 Å². The van der Waals surface area contributed by atoms with Crippen molar-refractivity contribution in [1.82, 2.24) is 10.1 Å². The van der Waals surface area contributed by atoms with E-state index < -0.39 is 0 Å². The van der Waals surface area contributed by atoms with Crippen LogP contribution in [0.4, 0.5) is 4.39 Å². The molecule has 1 fully saturated rings. The molecule has 4 heteroatoms. The summed E-state index contributed by atoms with van der Waals surface area (Å²) < 4.78 is 18.7. The Morgan fingerprint density at radius 3 is 2.95 bits per heavy atom. The molecule has 1 saturated heterocycles. The van der Waals surface area contributed by atoms with Crippen LogP contribution in [0.3, 0.4) is 0 Å². The molecule has 2 heterocycles. The normalized spacial score (nSPS) is 19.5. The maximum absolute atomic E-state index is 13.3. The van der Waals surface area contributed by atoms with E-state index in [0.29, 0.717) is 5.92 Å². The first-order chi connectivity index (χ1) is 10.1. The lowest BCUT2D eigenvalue weighted by Crippen LogP contribution is -2.23. The zero-order valence-electron chi connectivity index (χ0n) is 12.6. The molecule has 1 aliphatic heterocycles. The number of benzene rings is 1. The number of hydrogen-bond donors (Lipinski definition) is 0. The first-order valence-electron chi connectivity index (χ1n) is 7.58. The van der Waals surface area contributed by atoms with E-state index in [1.165, 1.54) is 6.07 Å². The van der Waals surface area contributed by atoms with Crippen molar-refractivity contribution in [2.24, 2.45) is 0 Å². The van der Waals surface area contributed by atoms with E-state index in [1.807, 2.05) is 6.07 Å². The highest BCUT2D eigenvalue weighted by atomic mass is 19.1. The molecule has 1 atom stereocenters. The summed E-state index contributed by atoms with van der Waals surface area (Å²) in [6.07, 6.45) is 2.23. The molecule has 0 unspecified atom stereocenters. The van der Waals surface area contributed by atoms with E-state index in [9.17, 15) is 4.39 Å². The smallest absolute Gasteiger partial charge is 0.139 e. The van der Waals surface area contributed by atoms with Crippen molar-refractivity contribution in [3.8, 4) is 0 Å². The van der Waals surface area contributed by atoms with Crippen LogP contribution < -0.4 is 0 Å². The molecule has 3 rings (SSSR count). The van der Waals surface area contributed by atoms with E-state index >= 15 is 0 Å². The van der Waals surface area contributed by atoms with E-state index in [-0.39, 0.29) is 11.9 Å². The van der Waals surface area contributed by atoms with E-state index in [2.05, 4.69) is 30.0 Å². The van der Waals surface area contributed by atoms with Crippen molar-refractivity contribution in [1.29, 1.82) is 0 Å². The van der Waals surface area contributed by atoms with Crippen LogP contribution in [-0.2, 0) is 6.54 Å². The zero-order chi connectivity index (χ0) is 14.8. The molecule has 21 heavy (non-hydrogen) atoms. The predicted octanol–water partition coefficient (Wildman–Crippen LogP) is 4.27. The molecule has 0 saturated carbocycles. The number of rotatable bonds is 4. The van der Waals surface area contributed by atoms with Gasteiger partial charge < -0.3 is 4.52 Å². The number of nitrogens with zero attached hydrogens (tertiary/aromatic N) is 2. The maximum Gasteiger partial charge on any atom is 0.139 e. The Kier molecular flexibility index (Phi) is 4.06. The SMILES string of the molecule is CC(C)c1cc([C@H]2CCCN2Cc2cccc(F)c2)no1. The number of halogens is 1. The van der Waals surface area contributed by atoms with Gasteiger partial charge in [-0.2, -0.15) is 0 Å². The molecule has 0 radical (unpaired) electrons. The van der Waals surface area contributed by atoms with Crippen LogP contribution in [0.2, 0.25) is 0 Å². The lowest BCUT2D eigenvalue weighted by Gasteiger charge is -2.22. The lowest BCUT2D eigenvalue weighted by atomic mass is 10.1. The highest BCUT2D eigenvalue weighted by Gasteiger charge is 2.29. The van der Waals surface area contributed by atoms with Crippen molar-refractivity contribution < 1.29 is 8.91 Å². The van der Waals surface area contributed by atoms with Crippen molar-refractivity contribution in [3.63, 3.8) is 0 Å². The molecular formula is C17H21FN2O. The van der Waals surface area contributed by atoms with Crippen LogP contribution in [0.1, 0.15) is 55.7 Å². The average Bonchev–Trinajstić information content (AvgIpc) is 3.06. The second kappa shape index (κ2) is 5.98. The molecule has 1 aliphatic rings. The number of likely N-dealkylation sites (tertiary alicyclic amines) is 1. The Bertz CT molecular complexity index is 608. The summed E-state index contributed by atoms with van der Waals surface area (Å²) in [7, 11) is 0. The first-order valence-corrected chi connectivity index (χ1v) is 7.58. The van der Waals surface area contributed by atoms with Gasteiger partial charge in [-0.05, 0) is 37.1 Å². The van der Waals surface area contributed by atoms with Gasteiger partial charge in [0, 0.05) is 18.5 Å². The van der Waals surface area contributed by atoms with E-state index in [0.717, 1.165) is 42.9 Å². The minimum atomic E-state index is -0.174. The van der Waals surface area contributed by atoms with Gasteiger partial charge in [-0.25, -0.2) is 4.39 Å². The zero-order valence-corrected chi connectivity index (χ0v) is 12.6. The summed E-state index contributed by atoms with van der Waals surface area (Å²) in [4.78, 5) is 2.36. The monoisotopic (exact) mass is 288 g/mol. The second-order valence-corrected chi connectivity index (χ2v) is 6.07. The molecule has 1 aromatic carbocycles. The van der Waals surface area contributed by atoms with Crippen LogP contribution in [0.5, 0.6) is 0 Å². The topological polar surface area (TPSA) is 29.3 Å². The van der Waals surface area contributed by atoms with Gasteiger partial charge >= 0.3 is 0 Å². The third-order valence-corrected chi connectivity index (χ3v) is 4.10. The minimum absolute atomic E-state index is 0.174. The minimum Gasteiger partial charge on any atom is -0.361 e. The predicted molar refractivity (Wildman–Crippen MR) is 79.4 cm³/mol. The molecule has 2 aromatic rings. The van der Waals surface area contributed by atoms with Gasteiger partial charge in [0.25, 0.3) is 0 Å². The largest absolute Gasteiger partial charge is 0.361 e. The van der Waals surface area contributed by atoms with Crippen molar-refractivity contribution in [2.75, 3.05) is 6.54 Å². The summed E-state index contributed by atoms with van der Waals surface area (Å²) in [6, 6.07) is 9.18. The third-order valence-electron chi connectivity index (χ3n) is 4.10. The first kappa shape index (κ1) is 14.3. The summed E-state index contributed by atoms with van der Waals surface area (Å²) in [5.41, 5.74) is 2.02. The van der Waals surface area contributed by atoms with Crippen molar-refractivity contribution in [2.45, 2.75) is 45.2 Å². The van der Waals surface area contributed by atoms with Gasteiger partial charge in [-0.3, -0.25) is 4.90 Å². The summed E-state index contributed by atoms with van der Waals surface area (Å²) in [5, 5.41) is 4.24. The number of aromatic nitrogens is 1. The molecule has 0 bridgehead atoms. The molecule has 112 valence electrons. The van der Waals surface area contributed by atoms with Crippen molar-refractivity contribution >= 4 is 0 Å². The van der Waals surface area contributed by atoms with Gasteiger partial charge in [0.2, 0.25) is 0 Å². The molecule has 0 amide bonds. The Morgan fingerprint density at radius 2 is 2.24 bits per heavy atom. The Labute approximate surface area is 124 Å². The van der Waals surface area contributed by atoms with Gasteiger partial charge in [0.15, 0.2) is 0 Å². The second-order valence-electron chi connectivity index (χ2n) is 6.07. The van der Waals surface area contributed by atoms with Gasteiger partial charge in [0.1, 0.15) is 17.3 Å².